The van der Waals surface area contributed by atoms with Crippen molar-refractivity contribution in [1.29, 1.82) is 0 Å². The molecule has 0 N–H and O–H groups in total. The molecule has 0 saturated carbocycles. The van der Waals surface area contributed by atoms with Crippen molar-refractivity contribution in [2.45, 2.75) is 0 Å². The maximum absolute atomic E-state index is 2.46. The van der Waals surface area contributed by atoms with Gasteiger partial charge in [-0.3, -0.25) is 0 Å². The summed E-state index contributed by atoms with van der Waals surface area (Å²) in [6.45, 7) is 0. The van der Waals surface area contributed by atoms with Crippen LogP contribution in [0.4, 0.5) is 17.1 Å². The van der Waals surface area contributed by atoms with E-state index in [2.05, 4.69) is 276 Å². The summed E-state index contributed by atoms with van der Waals surface area (Å²) in [6, 6.07) is 97.4. The average molecular weight is 865 g/mol. The Hall–Kier alpha value is -8.98. The van der Waals surface area contributed by atoms with Crippen LogP contribution < -0.4 is 4.90 Å². The standard InChI is InChI=1S/C66H44N2/c1-4-14-45(15-5-1)48-24-32-53(33-25-48)67(54-34-26-49(27-35-54)46-16-6-2-7-17-46)55-36-28-50(29-37-55)52-31-41-66-64(43-52)63-42-51(47-18-8-3-9-19-47)30-40-65(63)68(66)56-38-39-61-59-22-11-10-20-57(59)58-21-12-13-23-60(58)62(61)44-56/h1-44H. The van der Waals surface area contributed by atoms with E-state index in [4.69, 9.17) is 0 Å². The fourth-order valence-corrected chi connectivity index (χ4v) is 10.4. The van der Waals surface area contributed by atoms with E-state index in [-0.39, 0.29) is 0 Å². The Morgan fingerprint density at radius 2 is 0.515 bits per heavy atom. The van der Waals surface area contributed by atoms with E-state index in [1.165, 1.54) is 98.6 Å². The Balaban J connectivity index is 0.931. The van der Waals surface area contributed by atoms with E-state index in [0.29, 0.717) is 0 Å². The number of fused-ring (bicyclic) bond motifs is 9. The first-order chi connectivity index (χ1) is 33.7. The Morgan fingerprint density at radius 1 is 0.206 bits per heavy atom. The molecular formula is C66H44N2. The van der Waals surface area contributed by atoms with E-state index in [1.54, 1.807) is 0 Å². The second kappa shape index (κ2) is 16.5. The highest BCUT2D eigenvalue weighted by atomic mass is 15.1. The largest absolute Gasteiger partial charge is 0.311 e. The molecule has 0 aliphatic rings. The summed E-state index contributed by atoms with van der Waals surface area (Å²) in [6.07, 6.45) is 0. The quantitative estimate of drug-likeness (QED) is 0.138. The van der Waals surface area contributed by atoms with Gasteiger partial charge in [0.25, 0.3) is 0 Å². The van der Waals surface area contributed by atoms with Crippen LogP contribution in [-0.4, -0.2) is 4.57 Å². The summed E-state index contributed by atoms with van der Waals surface area (Å²) in [4.78, 5) is 2.35. The summed E-state index contributed by atoms with van der Waals surface area (Å²) < 4.78 is 2.46. The van der Waals surface area contributed by atoms with Gasteiger partial charge in [0.1, 0.15) is 0 Å². The molecule has 2 nitrogen and oxygen atoms in total. The summed E-state index contributed by atoms with van der Waals surface area (Å²) in [5, 5.41) is 10.1. The van der Waals surface area contributed by atoms with Gasteiger partial charge in [0.15, 0.2) is 0 Å². The van der Waals surface area contributed by atoms with E-state index < -0.39 is 0 Å². The first kappa shape index (κ1) is 39.4. The Labute approximate surface area is 395 Å². The lowest BCUT2D eigenvalue weighted by Gasteiger charge is -2.26. The molecule has 0 amide bonds. The first-order valence-electron chi connectivity index (χ1n) is 23.4. The highest BCUT2D eigenvalue weighted by Crippen LogP contribution is 2.42. The lowest BCUT2D eigenvalue weighted by atomic mass is 9.94. The van der Waals surface area contributed by atoms with Gasteiger partial charge in [-0.05, 0) is 150 Å². The Morgan fingerprint density at radius 3 is 0.926 bits per heavy atom. The second-order valence-electron chi connectivity index (χ2n) is 17.7. The van der Waals surface area contributed by atoms with Crippen molar-refractivity contribution in [3.05, 3.63) is 267 Å². The van der Waals surface area contributed by atoms with Crippen LogP contribution in [0.3, 0.4) is 0 Å². The number of anilines is 3. The number of rotatable bonds is 8. The second-order valence-corrected chi connectivity index (χ2v) is 17.7. The summed E-state index contributed by atoms with van der Waals surface area (Å²) >= 11 is 0. The van der Waals surface area contributed by atoms with Gasteiger partial charge in [0, 0.05) is 33.5 Å². The van der Waals surface area contributed by atoms with Gasteiger partial charge in [-0.2, -0.15) is 0 Å². The molecule has 0 unspecified atom stereocenters. The molecule has 0 aliphatic heterocycles. The molecule has 2 heteroatoms. The zero-order valence-corrected chi connectivity index (χ0v) is 37.3. The third-order valence-electron chi connectivity index (χ3n) is 13.8. The van der Waals surface area contributed by atoms with Crippen LogP contribution in [0.5, 0.6) is 0 Å². The maximum Gasteiger partial charge on any atom is 0.0541 e. The van der Waals surface area contributed by atoms with Crippen LogP contribution in [0.25, 0.3) is 104 Å². The van der Waals surface area contributed by atoms with Gasteiger partial charge in [0.2, 0.25) is 0 Å². The van der Waals surface area contributed by atoms with Crippen LogP contribution in [-0.2, 0) is 0 Å². The van der Waals surface area contributed by atoms with Gasteiger partial charge < -0.3 is 9.47 Å². The average Bonchev–Trinajstić information content (AvgIpc) is 3.75. The van der Waals surface area contributed by atoms with Crippen molar-refractivity contribution in [3.8, 4) is 50.2 Å². The maximum atomic E-state index is 2.46. The van der Waals surface area contributed by atoms with Gasteiger partial charge in [-0.1, -0.05) is 194 Å². The van der Waals surface area contributed by atoms with Crippen LogP contribution in [0.15, 0.2) is 267 Å². The Kier molecular flexibility index (Phi) is 9.54. The molecule has 0 saturated heterocycles. The van der Waals surface area contributed by atoms with E-state index in [9.17, 15) is 0 Å². The van der Waals surface area contributed by atoms with Gasteiger partial charge in [0.05, 0.1) is 11.0 Å². The monoisotopic (exact) mass is 864 g/mol. The molecule has 0 fully saturated rings. The minimum Gasteiger partial charge on any atom is -0.311 e. The van der Waals surface area contributed by atoms with Crippen molar-refractivity contribution in [2.75, 3.05) is 4.90 Å². The lowest BCUT2D eigenvalue weighted by Crippen LogP contribution is -2.09. The molecular weight excluding hydrogens is 821 g/mol. The molecule has 0 aliphatic carbocycles. The highest BCUT2D eigenvalue weighted by molar-refractivity contribution is 6.25. The molecule has 0 atom stereocenters. The number of nitrogens with zero attached hydrogens (tertiary/aromatic N) is 2. The van der Waals surface area contributed by atoms with E-state index in [0.717, 1.165) is 22.7 Å². The molecule has 0 bridgehead atoms. The van der Waals surface area contributed by atoms with Crippen LogP contribution in [0.1, 0.15) is 0 Å². The predicted octanol–water partition coefficient (Wildman–Crippen LogP) is 18.4. The van der Waals surface area contributed by atoms with Crippen molar-refractivity contribution in [2.24, 2.45) is 0 Å². The smallest absolute Gasteiger partial charge is 0.0541 e. The minimum absolute atomic E-state index is 1.09. The van der Waals surface area contributed by atoms with Crippen molar-refractivity contribution in [3.63, 3.8) is 0 Å². The number of hydrogen-bond donors (Lipinski definition) is 0. The third kappa shape index (κ3) is 6.82. The third-order valence-corrected chi connectivity index (χ3v) is 13.8. The van der Waals surface area contributed by atoms with E-state index >= 15 is 0 Å². The van der Waals surface area contributed by atoms with Crippen molar-refractivity contribution in [1.82, 2.24) is 4.57 Å². The zero-order chi connectivity index (χ0) is 45.0. The summed E-state index contributed by atoms with van der Waals surface area (Å²) in [7, 11) is 0. The van der Waals surface area contributed by atoms with Gasteiger partial charge in [-0.25, -0.2) is 0 Å². The zero-order valence-electron chi connectivity index (χ0n) is 37.3. The summed E-state index contributed by atoms with van der Waals surface area (Å²) in [5.74, 6) is 0. The normalized spacial score (nSPS) is 11.5. The highest BCUT2D eigenvalue weighted by Gasteiger charge is 2.18. The van der Waals surface area contributed by atoms with Crippen molar-refractivity contribution >= 4 is 71.2 Å². The molecule has 1 aromatic heterocycles. The van der Waals surface area contributed by atoms with Crippen LogP contribution in [0, 0.1) is 0 Å². The molecule has 68 heavy (non-hydrogen) atoms. The molecule has 0 spiro atoms. The molecule has 13 aromatic rings. The van der Waals surface area contributed by atoms with Crippen molar-refractivity contribution < 1.29 is 0 Å². The number of aromatic nitrogens is 1. The lowest BCUT2D eigenvalue weighted by molar-refractivity contribution is 1.19. The fraction of sp³-hybridized carbons (Fsp3) is 0. The molecule has 12 aromatic carbocycles. The molecule has 318 valence electrons. The topological polar surface area (TPSA) is 8.17 Å². The SMILES string of the molecule is c1ccc(-c2ccc(N(c3ccc(-c4ccccc4)cc3)c3ccc(-c4ccc5c(c4)c4cc(-c6ccccc6)ccc4n5-c4ccc5c6ccccc6c6ccccc6c5c4)cc3)cc2)cc1. The fourth-order valence-electron chi connectivity index (χ4n) is 10.4. The molecule has 13 rings (SSSR count). The van der Waals surface area contributed by atoms with Gasteiger partial charge in [-0.15, -0.1) is 0 Å². The number of benzene rings is 12. The predicted molar refractivity (Wildman–Crippen MR) is 290 cm³/mol. The Bertz CT molecular complexity index is 3850. The van der Waals surface area contributed by atoms with E-state index in [1.807, 2.05) is 0 Å². The first-order valence-corrected chi connectivity index (χ1v) is 23.4. The van der Waals surface area contributed by atoms with Gasteiger partial charge >= 0.3 is 0 Å². The number of hydrogen-bond acceptors (Lipinski definition) is 1. The molecule has 0 radical (unpaired) electrons. The summed E-state index contributed by atoms with van der Waals surface area (Å²) in [5.41, 5.74) is 16.4. The van der Waals surface area contributed by atoms with Crippen LogP contribution >= 0.6 is 0 Å². The molecule has 1 heterocycles. The van der Waals surface area contributed by atoms with Crippen LogP contribution in [0.2, 0.25) is 0 Å². The minimum atomic E-state index is 1.09.